The standard InChI is InChI=1S/C17H30O6/c1-11(2)19-14(6)13(5,10-18)23-17(9)16(8,15(14,7)20-11)21-12(3,4)22-17/h18H,10H2,1-9H3/t13-,14-,15-,16+,17-/m0/s1. The average molecular weight is 330 g/mol. The lowest BCUT2D eigenvalue weighted by atomic mass is 9.61. The summed E-state index contributed by atoms with van der Waals surface area (Å²) in [5, 5.41) is 10.1. The fourth-order valence-corrected chi connectivity index (χ4v) is 4.89. The van der Waals surface area contributed by atoms with E-state index >= 15 is 0 Å². The molecule has 0 bridgehead atoms. The van der Waals surface area contributed by atoms with E-state index in [1.165, 1.54) is 0 Å². The summed E-state index contributed by atoms with van der Waals surface area (Å²) in [6.45, 7) is 16.7. The Balaban J connectivity index is 2.26. The highest BCUT2D eigenvalue weighted by molar-refractivity contribution is 5.28. The summed E-state index contributed by atoms with van der Waals surface area (Å²) in [6, 6.07) is 0. The van der Waals surface area contributed by atoms with Crippen LogP contribution in [0.3, 0.4) is 0 Å². The van der Waals surface area contributed by atoms with Crippen LogP contribution in [0.2, 0.25) is 0 Å². The second kappa shape index (κ2) is 4.11. The zero-order valence-electron chi connectivity index (χ0n) is 15.7. The minimum atomic E-state index is -1.09. The summed E-state index contributed by atoms with van der Waals surface area (Å²) in [4.78, 5) is 0. The molecule has 0 amide bonds. The van der Waals surface area contributed by atoms with Crippen molar-refractivity contribution < 1.29 is 28.8 Å². The quantitative estimate of drug-likeness (QED) is 0.796. The predicted octanol–water partition coefficient (Wildman–Crippen LogP) is 2.33. The largest absolute Gasteiger partial charge is 0.393 e. The van der Waals surface area contributed by atoms with Crippen LogP contribution >= 0.6 is 0 Å². The van der Waals surface area contributed by atoms with Crippen molar-refractivity contribution in [2.45, 2.75) is 102 Å². The van der Waals surface area contributed by atoms with Crippen molar-refractivity contribution in [2.75, 3.05) is 6.61 Å². The van der Waals surface area contributed by atoms with Crippen LogP contribution in [0.5, 0.6) is 0 Å². The Morgan fingerprint density at radius 1 is 0.565 bits per heavy atom. The molecule has 3 rings (SSSR count). The monoisotopic (exact) mass is 330 g/mol. The lowest BCUT2D eigenvalue weighted by Gasteiger charge is -2.63. The molecule has 6 nitrogen and oxygen atoms in total. The highest BCUT2D eigenvalue weighted by atomic mass is 16.9. The van der Waals surface area contributed by atoms with Crippen LogP contribution in [-0.2, 0) is 23.7 Å². The number of hydrogen-bond donors (Lipinski definition) is 1. The van der Waals surface area contributed by atoms with Gasteiger partial charge in [0.1, 0.15) is 16.8 Å². The summed E-state index contributed by atoms with van der Waals surface area (Å²) in [5.41, 5.74) is -3.79. The van der Waals surface area contributed by atoms with E-state index in [1.807, 2.05) is 62.3 Å². The van der Waals surface area contributed by atoms with Crippen molar-refractivity contribution in [3.8, 4) is 0 Å². The van der Waals surface area contributed by atoms with Gasteiger partial charge in [0.15, 0.2) is 17.2 Å². The summed E-state index contributed by atoms with van der Waals surface area (Å²) in [6.07, 6.45) is 0. The molecule has 0 spiro atoms. The molecule has 0 saturated carbocycles. The molecule has 3 aliphatic rings. The van der Waals surface area contributed by atoms with E-state index in [1.54, 1.807) is 0 Å². The van der Waals surface area contributed by atoms with Crippen molar-refractivity contribution in [1.82, 2.24) is 0 Å². The van der Waals surface area contributed by atoms with Crippen molar-refractivity contribution in [3.05, 3.63) is 0 Å². The van der Waals surface area contributed by atoms with E-state index in [0.29, 0.717) is 0 Å². The molecule has 23 heavy (non-hydrogen) atoms. The maximum atomic E-state index is 10.1. The molecule has 0 aromatic carbocycles. The van der Waals surface area contributed by atoms with Crippen LogP contribution in [0, 0.1) is 0 Å². The van der Waals surface area contributed by atoms with Gasteiger partial charge in [0, 0.05) is 0 Å². The molecule has 1 N–H and O–H groups in total. The SMILES string of the molecule is CC1(C)O[C@@]2(C)O[C@@](C)(CO)[C@]3(C)OC(C)(C)O[C@]3(C)[C@@]2(C)O1. The Hall–Kier alpha value is -0.240. The van der Waals surface area contributed by atoms with Crippen LogP contribution in [0.15, 0.2) is 0 Å². The first kappa shape index (κ1) is 17.6. The third kappa shape index (κ3) is 1.80. The Kier molecular flexibility index (Phi) is 3.14. The molecule has 3 aliphatic heterocycles. The topological polar surface area (TPSA) is 66.4 Å². The first-order valence-corrected chi connectivity index (χ1v) is 8.21. The predicted molar refractivity (Wildman–Crippen MR) is 82.7 cm³/mol. The molecule has 0 aromatic rings. The minimum absolute atomic E-state index is 0.228. The highest BCUT2D eigenvalue weighted by Gasteiger charge is 2.84. The van der Waals surface area contributed by atoms with Gasteiger partial charge >= 0.3 is 0 Å². The first-order valence-electron chi connectivity index (χ1n) is 8.21. The maximum Gasteiger partial charge on any atom is 0.201 e. The van der Waals surface area contributed by atoms with Crippen molar-refractivity contribution in [3.63, 3.8) is 0 Å². The number of fused-ring (bicyclic) bond motifs is 3. The molecule has 0 unspecified atom stereocenters. The van der Waals surface area contributed by atoms with E-state index in [4.69, 9.17) is 23.7 Å². The van der Waals surface area contributed by atoms with Crippen LogP contribution in [-0.4, -0.2) is 51.5 Å². The molecule has 134 valence electrons. The zero-order valence-corrected chi connectivity index (χ0v) is 15.7. The van der Waals surface area contributed by atoms with Crippen LogP contribution in [0.25, 0.3) is 0 Å². The van der Waals surface area contributed by atoms with Crippen LogP contribution in [0.1, 0.15) is 62.3 Å². The van der Waals surface area contributed by atoms with Gasteiger partial charge < -0.3 is 28.8 Å². The van der Waals surface area contributed by atoms with Gasteiger partial charge in [0.2, 0.25) is 5.79 Å². The number of hydrogen-bond acceptors (Lipinski definition) is 6. The van der Waals surface area contributed by atoms with Gasteiger partial charge in [-0.2, -0.15) is 0 Å². The fourth-order valence-electron chi connectivity index (χ4n) is 4.89. The Morgan fingerprint density at radius 3 is 1.52 bits per heavy atom. The number of ether oxygens (including phenoxy) is 5. The van der Waals surface area contributed by atoms with Crippen molar-refractivity contribution >= 4 is 0 Å². The van der Waals surface area contributed by atoms with Gasteiger partial charge in [0.05, 0.1) is 6.61 Å². The molecule has 0 aromatic heterocycles. The van der Waals surface area contributed by atoms with Crippen LogP contribution < -0.4 is 0 Å². The van der Waals surface area contributed by atoms with Gasteiger partial charge in [-0.25, -0.2) is 0 Å². The van der Waals surface area contributed by atoms with E-state index in [-0.39, 0.29) is 6.61 Å². The molecule has 3 fully saturated rings. The second-order valence-electron chi connectivity index (χ2n) is 8.74. The lowest BCUT2D eigenvalue weighted by molar-refractivity contribution is -0.395. The minimum Gasteiger partial charge on any atom is -0.393 e. The first-order chi connectivity index (χ1) is 10.1. The van der Waals surface area contributed by atoms with E-state index in [9.17, 15) is 5.11 Å². The average Bonchev–Trinajstić information content (AvgIpc) is 2.65. The van der Waals surface area contributed by atoms with E-state index in [0.717, 1.165) is 0 Å². The summed E-state index contributed by atoms with van der Waals surface area (Å²) in [7, 11) is 0. The Bertz CT molecular complexity index is 547. The maximum absolute atomic E-state index is 10.1. The Morgan fingerprint density at radius 2 is 1.00 bits per heavy atom. The lowest BCUT2D eigenvalue weighted by Crippen LogP contribution is -2.82. The van der Waals surface area contributed by atoms with Gasteiger partial charge in [-0.15, -0.1) is 0 Å². The summed E-state index contributed by atoms with van der Waals surface area (Å²) >= 11 is 0. The van der Waals surface area contributed by atoms with Crippen molar-refractivity contribution in [2.24, 2.45) is 0 Å². The third-order valence-corrected chi connectivity index (χ3v) is 6.21. The molecule has 0 aliphatic carbocycles. The molecular formula is C17H30O6. The molecule has 0 radical (unpaired) electrons. The second-order valence-corrected chi connectivity index (χ2v) is 8.74. The van der Waals surface area contributed by atoms with E-state index in [2.05, 4.69) is 0 Å². The Labute approximate surface area is 138 Å². The van der Waals surface area contributed by atoms with E-state index < -0.39 is 39.8 Å². The van der Waals surface area contributed by atoms with Crippen molar-refractivity contribution in [1.29, 1.82) is 0 Å². The zero-order chi connectivity index (χ0) is 17.7. The summed E-state index contributed by atoms with van der Waals surface area (Å²) in [5.74, 6) is -2.77. The summed E-state index contributed by atoms with van der Waals surface area (Å²) < 4.78 is 31.5. The smallest absolute Gasteiger partial charge is 0.201 e. The van der Waals surface area contributed by atoms with Crippen LogP contribution in [0.4, 0.5) is 0 Å². The number of aliphatic hydroxyl groups is 1. The number of rotatable bonds is 1. The van der Waals surface area contributed by atoms with Gasteiger partial charge in [-0.3, -0.25) is 0 Å². The van der Waals surface area contributed by atoms with Gasteiger partial charge in [0.25, 0.3) is 0 Å². The molecule has 3 saturated heterocycles. The number of aliphatic hydroxyl groups excluding tert-OH is 1. The molecular weight excluding hydrogens is 300 g/mol. The third-order valence-electron chi connectivity index (χ3n) is 6.21. The fraction of sp³-hybridized carbons (Fsp3) is 1.00. The molecule has 6 heteroatoms. The molecule has 3 heterocycles. The van der Waals surface area contributed by atoms with Gasteiger partial charge in [-0.05, 0) is 62.3 Å². The highest BCUT2D eigenvalue weighted by Crippen LogP contribution is 2.66. The van der Waals surface area contributed by atoms with Gasteiger partial charge in [-0.1, -0.05) is 0 Å². The normalized spacial score (nSPS) is 57.1. The molecule has 5 atom stereocenters.